The summed E-state index contributed by atoms with van der Waals surface area (Å²) in [6.45, 7) is 2.44. The van der Waals surface area contributed by atoms with E-state index in [0.29, 0.717) is 12.1 Å². The number of imidazole rings is 1. The summed E-state index contributed by atoms with van der Waals surface area (Å²) >= 11 is 0. The van der Waals surface area contributed by atoms with Crippen molar-refractivity contribution >= 4 is 5.69 Å². The Balaban J connectivity index is 2.09. The lowest BCUT2D eigenvalue weighted by Crippen LogP contribution is -2.19. The molecule has 0 radical (unpaired) electrons. The predicted molar refractivity (Wildman–Crippen MR) is 66.9 cm³/mol. The standard InChI is InChI=1S/C12H14N4O2/c1-9(15-8-12-13-6-7-14-12)10-4-2-3-5-11(10)16(17)18/h2-7,9,15H,8H2,1H3,(H,13,14). The van der Waals surface area contributed by atoms with Gasteiger partial charge < -0.3 is 10.3 Å². The molecule has 6 heteroatoms. The van der Waals surface area contributed by atoms with E-state index in [2.05, 4.69) is 15.3 Å². The van der Waals surface area contributed by atoms with Crippen molar-refractivity contribution in [3.63, 3.8) is 0 Å². The van der Waals surface area contributed by atoms with Crippen LogP contribution in [0, 0.1) is 10.1 Å². The molecule has 94 valence electrons. The number of rotatable bonds is 5. The fourth-order valence-electron chi connectivity index (χ4n) is 1.77. The van der Waals surface area contributed by atoms with E-state index in [1.165, 1.54) is 6.07 Å². The molecule has 0 saturated carbocycles. The average Bonchev–Trinajstić information content (AvgIpc) is 2.89. The highest BCUT2D eigenvalue weighted by molar-refractivity contribution is 5.41. The molecular weight excluding hydrogens is 232 g/mol. The maximum atomic E-state index is 10.9. The fraction of sp³-hybridized carbons (Fsp3) is 0.250. The molecule has 1 heterocycles. The Morgan fingerprint density at radius 2 is 2.28 bits per heavy atom. The zero-order valence-electron chi connectivity index (χ0n) is 9.96. The van der Waals surface area contributed by atoms with Crippen LogP contribution in [-0.2, 0) is 6.54 Å². The maximum absolute atomic E-state index is 10.9. The Bertz CT molecular complexity index is 525. The van der Waals surface area contributed by atoms with Gasteiger partial charge in [0.05, 0.1) is 11.5 Å². The number of H-pyrrole nitrogens is 1. The summed E-state index contributed by atoms with van der Waals surface area (Å²) in [5, 5.41) is 14.1. The number of para-hydroxylation sites is 1. The van der Waals surface area contributed by atoms with Crippen LogP contribution in [0.4, 0.5) is 5.69 Å². The number of nitrogens with zero attached hydrogens (tertiary/aromatic N) is 2. The van der Waals surface area contributed by atoms with Crippen LogP contribution in [0.3, 0.4) is 0 Å². The molecule has 1 unspecified atom stereocenters. The van der Waals surface area contributed by atoms with E-state index in [-0.39, 0.29) is 16.7 Å². The Morgan fingerprint density at radius 1 is 1.50 bits per heavy atom. The lowest BCUT2D eigenvalue weighted by Gasteiger charge is -2.13. The van der Waals surface area contributed by atoms with Gasteiger partial charge in [0.2, 0.25) is 0 Å². The molecule has 1 aromatic carbocycles. The summed E-state index contributed by atoms with van der Waals surface area (Å²) in [6, 6.07) is 6.63. The molecule has 0 aliphatic rings. The zero-order valence-corrected chi connectivity index (χ0v) is 9.96. The Kier molecular flexibility index (Phi) is 3.69. The van der Waals surface area contributed by atoms with Crippen LogP contribution in [0.1, 0.15) is 24.4 Å². The third-order valence-electron chi connectivity index (χ3n) is 2.73. The molecule has 0 spiro atoms. The molecule has 6 nitrogen and oxygen atoms in total. The number of nitro benzene ring substituents is 1. The van der Waals surface area contributed by atoms with Crippen molar-refractivity contribution in [2.45, 2.75) is 19.5 Å². The molecule has 0 fully saturated rings. The van der Waals surface area contributed by atoms with Gasteiger partial charge in [-0.05, 0) is 6.92 Å². The summed E-state index contributed by atoms with van der Waals surface area (Å²) in [6.07, 6.45) is 3.42. The minimum atomic E-state index is -0.361. The second-order valence-electron chi connectivity index (χ2n) is 3.95. The maximum Gasteiger partial charge on any atom is 0.274 e. The molecule has 0 aliphatic carbocycles. The van der Waals surface area contributed by atoms with Gasteiger partial charge in [0.25, 0.3) is 5.69 Å². The molecule has 2 rings (SSSR count). The van der Waals surface area contributed by atoms with Crippen molar-refractivity contribution in [1.82, 2.24) is 15.3 Å². The monoisotopic (exact) mass is 246 g/mol. The van der Waals surface area contributed by atoms with Gasteiger partial charge in [0.1, 0.15) is 5.82 Å². The van der Waals surface area contributed by atoms with Gasteiger partial charge in [-0.3, -0.25) is 10.1 Å². The molecule has 0 amide bonds. The van der Waals surface area contributed by atoms with E-state index in [1.54, 1.807) is 30.6 Å². The highest BCUT2D eigenvalue weighted by Crippen LogP contribution is 2.24. The third-order valence-corrected chi connectivity index (χ3v) is 2.73. The number of aromatic amines is 1. The van der Waals surface area contributed by atoms with E-state index in [1.807, 2.05) is 6.92 Å². The molecule has 0 saturated heterocycles. The van der Waals surface area contributed by atoms with E-state index in [4.69, 9.17) is 0 Å². The first-order valence-electron chi connectivity index (χ1n) is 5.63. The fourth-order valence-corrected chi connectivity index (χ4v) is 1.77. The summed E-state index contributed by atoms with van der Waals surface area (Å²) in [4.78, 5) is 17.6. The van der Waals surface area contributed by atoms with Gasteiger partial charge in [-0.2, -0.15) is 0 Å². The molecule has 0 aliphatic heterocycles. The topological polar surface area (TPSA) is 83.8 Å². The lowest BCUT2D eigenvalue weighted by atomic mass is 10.1. The van der Waals surface area contributed by atoms with Crippen molar-refractivity contribution in [3.05, 3.63) is 58.2 Å². The van der Waals surface area contributed by atoms with Gasteiger partial charge in [-0.25, -0.2) is 4.98 Å². The minimum Gasteiger partial charge on any atom is -0.348 e. The SMILES string of the molecule is CC(NCc1ncc[nH]1)c1ccccc1[N+](=O)[O-]. The molecule has 2 aromatic rings. The average molecular weight is 246 g/mol. The summed E-state index contributed by atoms with van der Waals surface area (Å²) in [5.41, 5.74) is 0.811. The second-order valence-corrected chi connectivity index (χ2v) is 3.95. The van der Waals surface area contributed by atoms with Crippen LogP contribution in [-0.4, -0.2) is 14.9 Å². The third kappa shape index (κ3) is 2.72. The number of nitro groups is 1. The quantitative estimate of drug-likeness (QED) is 0.625. The van der Waals surface area contributed by atoms with Crippen molar-refractivity contribution in [1.29, 1.82) is 0 Å². The highest BCUT2D eigenvalue weighted by Gasteiger charge is 2.17. The molecule has 0 bridgehead atoms. The van der Waals surface area contributed by atoms with E-state index >= 15 is 0 Å². The smallest absolute Gasteiger partial charge is 0.274 e. The van der Waals surface area contributed by atoms with Crippen LogP contribution >= 0.6 is 0 Å². The minimum absolute atomic E-state index is 0.114. The summed E-state index contributed by atoms with van der Waals surface area (Å²) in [7, 11) is 0. The number of nitrogens with one attached hydrogen (secondary N) is 2. The van der Waals surface area contributed by atoms with Gasteiger partial charge in [0.15, 0.2) is 0 Å². The van der Waals surface area contributed by atoms with Gasteiger partial charge in [0, 0.05) is 30.1 Å². The van der Waals surface area contributed by atoms with Gasteiger partial charge in [-0.15, -0.1) is 0 Å². The molecule has 2 N–H and O–H groups in total. The first-order valence-corrected chi connectivity index (χ1v) is 5.63. The molecule has 1 aromatic heterocycles. The lowest BCUT2D eigenvalue weighted by molar-refractivity contribution is -0.385. The second kappa shape index (κ2) is 5.42. The molecule has 18 heavy (non-hydrogen) atoms. The Labute approximate surface area is 104 Å². The van der Waals surface area contributed by atoms with Crippen LogP contribution in [0.2, 0.25) is 0 Å². The normalized spacial score (nSPS) is 12.3. The van der Waals surface area contributed by atoms with Crippen molar-refractivity contribution in [3.8, 4) is 0 Å². The number of benzene rings is 1. The van der Waals surface area contributed by atoms with E-state index in [0.717, 1.165) is 5.82 Å². The number of hydrogen-bond donors (Lipinski definition) is 2. The van der Waals surface area contributed by atoms with Crippen molar-refractivity contribution in [2.75, 3.05) is 0 Å². The van der Waals surface area contributed by atoms with Crippen LogP contribution in [0.5, 0.6) is 0 Å². The van der Waals surface area contributed by atoms with Crippen molar-refractivity contribution < 1.29 is 4.92 Å². The largest absolute Gasteiger partial charge is 0.348 e. The van der Waals surface area contributed by atoms with Crippen LogP contribution in [0.15, 0.2) is 36.7 Å². The first kappa shape index (κ1) is 12.3. The van der Waals surface area contributed by atoms with E-state index in [9.17, 15) is 10.1 Å². The summed E-state index contributed by atoms with van der Waals surface area (Å²) in [5.74, 6) is 0.806. The van der Waals surface area contributed by atoms with Crippen LogP contribution in [0.25, 0.3) is 0 Å². The van der Waals surface area contributed by atoms with Crippen molar-refractivity contribution in [2.24, 2.45) is 0 Å². The highest BCUT2D eigenvalue weighted by atomic mass is 16.6. The van der Waals surface area contributed by atoms with E-state index < -0.39 is 0 Å². The Morgan fingerprint density at radius 3 is 2.94 bits per heavy atom. The Hall–Kier alpha value is -2.21. The van der Waals surface area contributed by atoms with Crippen LogP contribution < -0.4 is 5.32 Å². The first-order chi connectivity index (χ1) is 8.68. The molecular formula is C12H14N4O2. The number of aromatic nitrogens is 2. The summed E-state index contributed by atoms with van der Waals surface area (Å²) < 4.78 is 0. The van der Waals surface area contributed by atoms with Gasteiger partial charge in [-0.1, -0.05) is 18.2 Å². The zero-order chi connectivity index (χ0) is 13.0. The molecule has 1 atom stereocenters. The number of hydrogen-bond acceptors (Lipinski definition) is 4. The predicted octanol–water partition coefficient (Wildman–Crippen LogP) is 2.17. The van der Waals surface area contributed by atoms with Gasteiger partial charge >= 0.3 is 0 Å².